The molecule has 0 aliphatic rings. The zero-order chi connectivity index (χ0) is 23.5. The van der Waals surface area contributed by atoms with Gasteiger partial charge >= 0.3 is 41.6 Å². The van der Waals surface area contributed by atoms with Crippen molar-refractivity contribution in [1.29, 1.82) is 0 Å². The fourth-order valence-corrected chi connectivity index (χ4v) is 3.95. The van der Waals surface area contributed by atoms with Gasteiger partial charge in [0.05, 0.1) is 17.8 Å². The molecule has 2 amide bonds. The van der Waals surface area contributed by atoms with Crippen LogP contribution in [0.2, 0.25) is 5.02 Å². The number of carboxylic acids is 1. The third-order valence-electron chi connectivity index (χ3n) is 5.36. The van der Waals surface area contributed by atoms with Gasteiger partial charge in [-0.25, -0.2) is 9.59 Å². The van der Waals surface area contributed by atoms with Crippen LogP contribution in [0.1, 0.15) is 17.5 Å². The monoisotopic (exact) mass is 485 g/mol. The van der Waals surface area contributed by atoms with E-state index in [1.165, 1.54) is 16.7 Å². The van der Waals surface area contributed by atoms with Crippen molar-refractivity contribution in [3.8, 4) is 11.1 Å². The Kier molecular flexibility index (Phi) is 8.17. The molecule has 34 heavy (non-hydrogen) atoms. The second-order valence-corrected chi connectivity index (χ2v) is 7.84. The maximum absolute atomic E-state index is 13.0. The van der Waals surface area contributed by atoms with Crippen molar-refractivity contribution in [2.75, 3.05) is 5.32 Å². The molecule has 168 valence electrons. The first-order chi connectivity index (χ1) is 15.9. The summed E-state index contributed by atoms with van der Waals surface area (Å²) in [6, 6.07) is 20.2. The molecule has 4 rings (SSSR count). The van der Waals surface area contributed by atoms with Crippen molar-refractivity contribution in [3.05, 3.63) is 99.4 Å². The van der Waals surface area contributed by atoms with Gasteiger partial charge in [0.25, 0.3) is 5.56 Å². The Balaban J connectivity index is 0.00000216. The Hall–Kier alpha value is -3.10. The van der Waals surface area contributed by atoms with Gasteiger partial charge < -0.3 is 21.7 Å². The number of pyridine rings is 1. The summed E-state index contributed by atoms with van der Waals surface area (Å²) >= 11 is 6.24. The molecule has 3 aromatic carbocycles. The number of nitrogens with one attached hydrogen (secondary N) is 2. The molecule has 0 aliphatic heterocycles. The van der Waals surface area contributed by atoms with Crippen LogP contribution in [-0.4, -0.2) is 21.7 Å². The van der Waals surface area contributed by atoms with Crippen LogP contribution in [0.25, 0.3) is 21.9 Å². The van der Waals surface area contributed by atoms with Crippen LogP contribution in [0.15, 0.2) is 77.6 Å². The van der Waals surface area contributed by atoms with Gasteiger partial charge in [-0.15, -0.1) is 0 Å². The average Bonchev–Trinajstić information content (AvgIpc) is 2.81. The van der Waals surface area contributed by atoms with E-state index >= 15 is 0 Å². The van der Waals surface area contributed by atoms with Gasteiger partial charge in [-0.05, 0) is 41.3 Å². The van der Waals surface area contributed by atoms with Crippen LogP contribution in [0.3, 0.4) is 0 Å². The van der Waals surface area contributed by atoms with E-state index in [1.54, 1.807) is 37.4 Å². The number of carbonyl (C=O) groups excluding carboxylic acids is 1. The predicted octanol–water partition coefficient (Wildman–Crippen LogP) is 2.00. The van der Waals surface area contributed by atoms with Crippen molar-refractivity contribution in [2.24, 2.45) is 7.05 Å². The molecule has 0 radical (unpaired) electrons. The van der Waals surface area contributed by atoms with E-state index in [0.29, 0.717) is 21.5 Å². The molecule has 0 spiro atoms. The largest absolute Gasteiger partial charge is 1.00 e. The number of aromatic nitrogens is 1. The fraction of sp³-hybridized carbons (Fsp3) is 0.0800. The minimum Gasteiger partial charge on any atom is -1.00 e. The summed E-state index contributed by atoms with van der Waals surface area (Å²) in [6.07, 6.45) is 0. The molecule has 4 aromatic rings. The number of aromatic carboxylic acids is 1. The number of fused-ring (bicyclic) bond motifs is 1. The standard InChI is InChI=1S/C25H20ClN3O4.Na.H/c1-29-21(14-27-25(33)28-20-10-6-5-9-18(20)24(31)32)22(15-7-3-2-4-8-15)19-13-16(26)11-12-17(19)23(29)30;;/h2-13H,14H2,1H3,(H,31,32)(H2,27,28,33);;/q;+1;-1. The SMILES string of the molecule is Cn1c(CNC(=O)Nc2ccccc2C(=O)O)c(-c2ccccc2)c2cc(Cl)ccc2c1=O.[H-].[Na+]. The average molecular weight is 486 g/mol. The minimum atomic E-state index is -1.15. The van der Waals surface area contributed by atoms with Gasteiger partial charge in [0.1, 0.15) is 0 Å². The summed E-state index contributed by atoms with van der Waals surface area (Å²) in [7, 11) is 1.65. The van der Waals surface area contributed by atoms with Gasteiger partial charge in [0.15, 0.2) is 0 Å². The maximum atomic E-state index is 13.0. The van der Waals surface area contributed by atoms with Crippen molar-refractivity contribution < 1.29 is 45.7 Å². The smallest absolute Gasteiger partial charge is 1.00 e. The van der Waals surface area contributed by atoms with E-state index in [4.69, 9.17) is 11.6 Å². The number of hydrogen-bond acceptors (Lipinski definition) is 3. The van der Waals surface area contributed by atoms with Crippen molar-refractivity contribution in [2.45, 2.75) is 6.54 Å². The summed E-state index contributed by atoms with van der Waals surface area (Å²) in [4.78, 5) is 37.0. The number of halogens is 1. The quantitative estimate of drug-likeness (QED) is 0.376. The molecule has 0 bridgehead atoms. The van der Waals surface area contributed by atoms with Gasteiger partial charge in [-0.2, -0.15) is 0 Å². The third kappa shape index (κ3) is 5.18. The number of nitrogens with zero attached hydrogens (tertiary/aromatic N) is 1. The van der Waals surface area contributed by atoms with Crippen LogP contribution < -0.4 is 45.8 Å². The molecule has 0 atom stereocenters. The number of urea groups is 1. The molecule has 9 heteroatoms. The second-order valence-electron chi connectivity index (χ2n) is 7.40. The number of hydrogen-bond donors (Lipinski definition) is 3. The molecule has 3 N–H and O–H groups in total. The summed E-state index contributed by atoms with van der Waals surface area (Å²) in [5.74, 6) is -1.15. The Labute approximate surface area is 224 Å². The number of anilines is 1. The zero-order valence-electron chi connectivity index (χ0n) is 19.6. The molecule has 0 saturated carbocycles. The summed E-state index contributed by atoms with van der Waals surface area (Å²) < 4.78 is 1.50. The number of carboxylic acid groups (broad SMARTS) is 1. The Morgan fingerprint density at radius 3 is 2.38 bits per heavy atom. The van der Waals surface area contributed by atoms with Crippen LogP contribution in [-0.2, 0) is 13.6 Å². The summed E-state index contributed by atoms with van der Waals surface area (Å²) in [6.45, 7) is 0.0273. The number of amides is 2. The Bertz CT molecular complexity index is 1440. The first kappa shape index (κ1) is 25.5. The molecule has 1 aromatic heterocycles. The van der Waals surface area contributed by atoms with Crippen LogP contribution in [0, 0.1) is 0 Å². The molecule has 1 heterocycles. The predicted molar refractivity (Wildman–Crippen MR) is 130 cm³/mol. The van der Waals surface area contributed by atoms with Crippen molar-refractivity contribution >= 4 is 40.1 Å². The number of benzene rings is 3. The second kappa shape index (κ2) is 10.9. The summed E-state index contributed by atoms with van der Waals surface area (Å²) in [5, 5.41) is 16.3. The van der Waals surface area contributed by atoms with E-state index in [2.05, 4.69) is 10.6 Å². The Morgan fingerprint density at radius 1 is 1.00 bits per heavy atom. The van der Waals surface area contributed by atoms with Crippen LogP contribution in [0.5, 0.6) is 0 Å². The van der Waals surface area contributed by atoms with Gasteiger partial charge in [-0.1, -0.05) is 54.1 Å². The van der Waals surface area contributed by atoms with E-state index in [9.17, 15) is 19.5 Å². The normalized spacial score (nSPS) is 10.4. The number of carbonyl (C=O) groups is 2. The molecular weight excluding hydrogens is 465 g/mol. The number of para-hydroxylation sites is 1. The molecule has 7 nitrogen and oxygen atoms in total. The first-order valence-corrected chi connectivity index (χ1v) is 10.5. The fourth-order valence-electron chi connectivity index (χ4n) is 3.78. The van der Waals surface area contributed by atoms with Gasteiger partial charge in [0.2, 0.25) is 0 Å². The topological polar surface area (TPSA) is 100 Å². The van der Waals surface area contributed by atoms with Crippen molar-refractivity contribution in [3.63, 3.8) is 0 Å². The number of rotatable bonds is 5. The van der Waals surface area contributed by atoms with E-state index in [0.717, 1.165) is 11.1 Å². The minimum absolute atomic E-state index is 0. The third-order valence-corrected chi connectivity index (χ3v) is 5.60. The molecule has 0 saturated heterocycles. The van der Waals surface area contributed by atoms with Gasteiger partial charge in [-0.3, -0.25) is 4.79 Å². The van der Waals surface area contributed by atoms with E-state index < -0.39 is 12.0 Å². The molecule has 0 unspecified atom stereocenters. The Morgan fingerprint density at radius 2 is 1.68 bits per heavy atom. The first-order valence-electron chi connectivity index (χ1n) is 10.1. The zero-order valence-corrected chi connectivity index (χ0v) is 21.4. The van der Waals surface area contributed by atoms with Crippen molar-refractivity contribution in [1.82, 2.24) is 9.88 Å². The maximum Gasteiger partial charge on any atom is 1.00 e. The summed E-state index contributed by atoms with van der Waals surface area (Å²) in [5.41, 5.74) is 2.17. The van der Waals surface area contributed by atoms with E-state index in [1.807, 2.05) is 30.3 Å². The molecular formula is C25H21ClN3NaO4. The van der Waals surface area contributed by atoms with E-state index in [-0.39, 0.29) is 54.3 Å². The molecule has 0 fully saturated rings. The van der Waals surface area contributed by atoms with Gasteiger partial charge in [0, 0.05) is 28.7 Å². The van der Waals surface area contributed by atoms with Crippen LogP contribution >= 0.6 is 11.6 Å². The molecule has 0 aliphatic carbocycles. The van der Waals surface area contributed by atoms with Crippen LogP contribution in [0.4, 0.5) is 10.5 Å².